The molecule has 1 aliphatic heterocycles. The van der Waals surface area contributed by atoms with Crippen LogP contribution in [-0.4, -0.2) is 25.9 Å². The van der Waals surface area contributed by atoms with E-state index in [-0.39, 0.29) is 0 Å². The van der Waals surface area contributed by atoms with Crippen molar-refractivity contribution in [2.75, 3.05) is 31.2 Å². The standard InChI is InChI=1S/C13H20N2S/c1-16-13-7-3-2-6-12(13)15-10-11-5-4-8-14-9-11/h2-3,6-7,11,14-15H,4-5,8-10H2,1H3. The van der Waals surface area contributed by atoms with Gasteiger partial charge in [-0.3, -0.25) is 0 Å². The predicted octanol–water partition coefficient (Wildman–Crippen LogP) is 2.82. The predicted molar refractivity (Wildman–Crippen MR) is 72.3 cm³/mol. The SMILES string of the molecule is CSc1ccccc1NCC1CCCNC1. The van der Waals surface area contributed by atoms with E-state index >= 15 is 0 Å². The lowest BCUT2D eigenvalue weighted by Crippen LogP contribution is -2.33. The molecule has 88 valence electrons. The van der Waals surface area contributed by atoms with E-state index in [0.29, 0.717) is 0 Å². The van der Waals surface area contributed by atoms with Crippen molar-refractivity contribution in [3.63, 3.8) is 0 Å². The number of benzene rings is 1. The van der Waals surface area contributed by atoms with Gasteiger partial charge in [-0.2, -0.15) is 0 Å². The van der Waals surface area contributed by atoms with Crippen LogP contribution in [0.25, 0.3) is 0 Å². The fourth-order valence-corrected chi connectivity index (χ4v) is 2.72. The zero-order chi connectivity index (χ0) is 11.2. The van der Waals surface area contributed by atoms with E-state index in [0.717, 1.165) is 19.0 Å². The molecule has 2 rings (SSSR count). The average Bonchev–Trinajstić information content (AvgIpc) is 2.38. The summed E-state index contributed by atoms with van der Waals surface area (Å²) in [6.07, 6.45) is 4.79. The molecular weight excluding hydrogens is 216 g/mol. The summed E-state index contributed by atoms with van der Waals surface area (Å²) in [6, 6.07) is 8.54. The third-order valence-electron chi connectivity index (χ3n) is 3.09. The normalized spacial score (nSPS) is 20.7. The summed E-state index contributed by atoms with van der Waals surface area (Å²) < 4.78 is 0. The van der Waals surface area contributed by atoms with Crippen molar-refractivity contribution in [2.24, 2.45) is 5.92 Å². The monoisotopic (exact) mass is 236 g/mol. The summed E-state index contributed by atoms with van der Waals surface area (Å²) in [5, 5.41) is 7.03. The van der Waals surface area contributed by atoms with Crippen LogP contribution in [0.5, 0.6) is 0 Å². The number of piperidine rings is 1. The molecule has 0 bridgehead atoms. The summed E-state index contributed by atoms with van der Waals surface area (Å²) in [5.41, 5.74) is 1.28. The molecule has 1 aliphatic rings. The Morgan fingerprint density at radius 3 is 3.06 bits per heavy atom. The van der Waals surface area contributed by atoms with Gasteiger partial charge in [-0.05, 0) is 50.2 Å². The summed E-state index contributed by atoms with van der Waals surface area (Å²) in [7, 11) is 0. The highest BCUT2D eigenvalue weighted by molar-refractivity contribution is 7.98. The van der Waals surface area contributed by atoms with Crippen molar-refractivity contribution in [1.82, 2.24) is 5.32 Å². The van der Waals surface area contributed by atoms with Crippen molar-refractivity contribution < 1.29 is 0 Å². The molecule has 0 aliphatic carbocycles. The Labute approximate surface area is 102 Å². The van der Waals surface area contributed by atoms with Crippen LogP contribution in [0.2, 0.25) is 0 Å². The van der Waals surface area contributed by atoms with Crippen LogP contribution < -0.4 is 10.6 Å². The first-order chi connectivity index (χ1) is 7.90. The maximum Gasteiger partial charge on any atom is 0.0478 e. The molecular formula is C13H20N2S. The third kappa shape index (κ3) is 3.16. The molecule has 1 aromatic rings. The molecule has 2 nitrogen and oxygen atoms in total. The Balaban J connectivity index is 1.88. The summed E-state index contributed by atoms with van der Waals surface area (Å²) in [4.78, 5) is 1.34. The fourth-order valence-electron chi connectivity index (χ4n) is 2.14. The van der Waals surface area contributed by atoms with Gasteiger partial charge in [0, 0.05) is 17.1 Å². The van der Waals surface area contributed by atoms with Gasteiger partial charge in [-0.1, -0.05) is 12.1 Å². The largest absolute Gasteiger partial charge is 0.384 e. The molecule has 0 saturated carbocycles. The molecule has 0 amide bonds. The molecule has 1 heterocycles. The van der Waals surface area contributed by atoms with E-state index in [1.807, 2.05) is 0 Å². The van der Waals surface area contributed by atoms with Gasteiger partial charge in [-0.15, -0.1) is 11.8 Å². The molecule has 0 aromatic heterocycles. The second-order valence-electron chi connectivity index (χ2n) is 4.29. The number of hydrogen-bond acceptors (Lipinski definition) is 3. The van der Waals surface area contributed by atoms with Crippen molar-refractivity contribution in [1.29, 1.82) is 0 Å². The second kappa shape index (κ2) is 6.16. The first kappa shape index (κ1) is 11.8. The van der Waals surface area contributed by atoms with Crippen molar-refractivity contribution in [3.8, 4) is 0 Å². The van der Waals surface area contributed by atoms with E-state index in [1.54, 1.807) is 11.8 Å². The van der Waals surface area contributed by atoms with Crippen molar-refractivity contribution in [3.05, 3.63) is 24.3 Å². The number of nitrogens with one attached hydrogen (secondary N) is 2. The molecule has 1 saturated heterocycles. The number of rotatable bonds is 4. The van der Waals surface area contributed by atoms with Gasteiger partial charge < -0.3 is 10.6 Å². The van der Waals surface area contributed by atoms with Gasteiger partial charge in [-0.25, -0.2) is 0 Å². The zero-order valence-corrected chi connectivity index (χ0v) is 10.6. The van der Waals surface area contributed by atoms with Crippen molar-refractivity contribution in [2.45, 2.75) is 17.7 Å². The molecule has 3 heteroatoms. The number of thioether (sulfide) groups is 1. The van der Waals surface area contributed by atoms with Gasteiger partial charge in [0.2, 0.25) is 0 Å². The van der Waals surface area contributed by atoms with Crippen LogP contribution in [0, 0.1) is 5.92 Å². The highest BCUT2D eigenvalue weighted by atomic mass is 32.2. The lowest BCUT2D eigenvalue weighted by atomic mass is 10.00. The molecule has 1 aromatic carbocycles. The highest BCUT2D eigenvalue weighted by Gasteiger charge is 2.12. The van der Waals surface area contributed by atoms with E-state index in [4.69, 9.17) is 0 Å². The summed E-state index contributed by atoms with van der Waals surface area (Å²) in [6.45, 7) is 3.44. The molecule has 1 unspecified atom stereocenters. The molecule has 1 fully saturated rings. The van der Waals surface area contributed by atoms with Crippen LogP contribution in [0.1, 0.15) is 12.8 Å². The van der Waals surface area contributed by atoms with E-state index in [1.165, 1.54) is 30.0 Å². The molecule has 0 radical (unpaired) electrons. The van der Waals surface area contributed by atoms with Crippen molar-refractivity contribution >= 4 is 17.4 Å². The van der Waals surface area contributed by atoms with Gasteiger partial charge in [0.15, 0.2) is 0 Å². The maximum absolute atomic E-state index is 3.57. The van der Waals surface area contributed by atoms with Crippen LogP contribution in [0.15, 0.2) is 29.2 Å². The van der Waals surface area contributed by atoms with Gasteiger partial charge >= 0.3 is 0 Å². The van der Waals surface area contributed by atoms with Crippen LogP contribution in [0.4, 0.5) is 5.69 Å². The number of para-hydroxylation sites is 1. The van der Waals surface area contributed by atoms with Gasteiger partial charge in [0.1, 0.15) is 0 Å². The Morgan fingerprint density at radius 1 is 1.44 bits per heavy atom. The first-order valence-corrected chi connectivity index (χ1v) is 7.20. The minimum Gasteiger partial charge on any atom is -0.384 e. The summed E-state index contributed by atoms with van der Waals surface area (Å²) >= 11 is 1.80. The zero-order valence-electron chi connectivity index (χ0n) is 9.83. The Hall–Kier alpha value is -0.670. The van der Waals surface area contributed by atoms with Gasteiger partial charge in [0.25, 0.3) is 0 Å². The Morgan fingerprint density at radius 2 is 2.31 bits per heavy atom. The lowest BCUT2D eigenvalue weighted by molar-refractivity contribution is 0.393. The lowest BCUT2D eigenvalue weighted by Gasteiger charge is -2.23. The molecule has 16 heavy (non-hydrogen) atoms. The number of hydrogen-bond donors (Lipinski definition) is 2. The van der Waals surface area contributed by atoms with E-state index in [9.17, 15) is 0 Å². The second-order valence-corrected chi connectivity index (χ2v) is 5.14. The minimum atomic E-state index is 0.781. The Bertz CT molecular complexity index is 321. The maximum atomic E-state index is 3.57. The molecule has 1 atom stereocenters. The van der Waals surface area contributed by atoms with Gasteiger partial charge in [0.05, 0.1) is 0 Å². The smallest absolute Gasteiger partial charge is 0.0478 e. The highest BCUT2D eigenvalue weighted by Crippen LogP contribution is 2.25. The Kier molecular flexibility index (Phi) is 4.55. The third-order valence-corrected chi connectivity index (χ3v) is 3.88. The van der Waals surface area contributed by atoms with Crippen LogP contribution in [-0.2, 0) is 0 Å². The van der Waals surface area contributed by atoms with Crippen LogP contribution >= 0.6 is 11.8 Å². The quantitative estimate of drug-likeness (QED) is 0.786. The summed E-state index contributed by atoms with van der Waals surface area (Å²) in [5.74, 6) is 0.781. The topological polar surface area (TPSA) is 24.1 Å². The first-order valence-electron chi connectivity index (χ1n) is 5.98. The number of anilines is 1. The van der Waals surface area contributed by atoms with Crippen LogP contribution in [0.3, 0.4) is 0 Å². The minimum absolute atomic E-state index is 0.781. The molecule has 2 N–H and O–H groups in total. The fraction of sp³-hybridized carbons (Fsp3) is 0.538. The molecule has 0 spiro atoms. The van der Waals surface area contributed by atoms with E-state index < -0.39 is 0 Å². The average molecular weight is 236 g/mol. The van der Waals surface area contributed by atoms with E-state index in [2.05, 4.69) is 41.2 Å².